The van der Waals surface area contributed by atoms with Crippen molar-refractivity contribution in [2.75, 3.05) is 6.54 Å². The second kappa shape index (κ2) is 6.82. The van der Waals surface area contributed by atoms with Gasteiger partial charge in [-0.15, -0.1) is 0 Å². The molecule has 1 aromatic heterocycles. The first-order valence-corrected chi connectivity index (χ1v) is 6.53. The predicted octanol–water partition coefficient (Wildman–Crippen LogP) is 2.90. The van der Waals surface area contributed by atoms with Crippen molar-refractivity contribution in [1.82, 2.24) is 5.32 Å². The monoisotopic (exact) mass is 239 g/mol. The molecule has 3 nitrogen and oxygen atoms in total. The van der Waals surface area contributed by atoms with Gasteiger partial charge in [-0.25, -0.2) is 0 Å². The second-order valence-corrected chi connectivity index (χ2v) is 5.07. The summed E-state index contributed by atoms with van der Waals surface area (Å²) in [6.45, 7) is 8.98. The summed E-state index contributed by atoms with van der Waals surface area (Å²) in [6, 6.07) is 4.17. The Hall–Kier alpha value is -0.800. The minimum atomic E-state index is -0.280. The van der Waals surface area contributed by atoms with Crippen LogP contribution in [0.2, 0.25) is 0 Å². The first-order chi connectivity index (χ1) is 8.02. The van der Waals surface area contributed by atoms with E-state index in [9.17, 15) is 5.11 Å². The van der Waals surface area contributed by atoms with E-state index < -0.39 is 0 Å². The van der Waals surface area contributed by atoms with Crippen molar-refractivity contribution >= 4 is 0 Å². The molecule has 0 aliphatic carbocycles. The van der Waals surface area contributed by atoms with Gasteiger partial charge in [-0.2, -0.15) is 0 Å². The summed E-state index contributed by atoms with van der Waals surface area (Å²) in [6.07, 6.45) is 1.47. The molecule has 17 heavy (non-hydrogen) atoms. The van der Waals surface area contributed by atoms with Gasteiger partial charge in [0.2, 0.25) is 0 Å². The van der Waals surface area contributed by atoms with E-state index in [1.165, 1.54) is 0 Å². The number of hydrogen-bond donors (Lipinski definition) is 2. The molecule has 2 unspecified atom stereocenters. The van der Waals surface area contributed by atoms with Crippen molar-refractivity contribution in [2.24, 2.45) is 5.92 Å². The number of aryl methyl sites for hydroxylation is 1. The van der Waals surface area contributed by atoms with E-state index in [4.69, 9.17) is 4.42 Å². The Labute approximate surface area is 104 Å². The molecule has 2 N–H and O–H groups in total. The molecule has 98 valence electrons. The fourth-order valence-corrected chi connectivity index (χ4v) is 1.86. The maximum atomic E-state index is 9.77. The second-order valence-electron chi connectivity index (χ2n) is 5.07. The molecular formula is C14H25NO2. The van der Waals surface area contributed by atoms with Crippen LogP contribution in [0.15, 0.2) is 16.5 Å². The van der Waals surface area contributed by atoms with Gasteiger partial charge in [0.1, 0.15) is 11.5 Å². The minimum absolute atomic E-state index is 0.150. The quantitative estimate of drug-likeness (QED) is 0.769. The summed E-state index contributed by atoms with van der Waals surface area (Å²) in [5.74, 6) is 2.48. The molecule has 3 heteroatoms. The Kier molecular flexibility index (Phi) is 5.72. The average molecular weight is 239 g/mol. The van der Waals surface area contributed by atoms with E-state index in [1.807, 2.05) is 12.1 Å². The largest absolute Gasteiger partial charge is 0.464 e. The van der Waals surface area contributed by atoms with E-state index >= 15 is 0 Å². The molecule has 1 heterocycles. The van der Waals surface area contributed by atoms with Crippen LogP contribution in [0.3, 0.4) is 0 Å². The van der Waals surface area contributed by atoms with Crippen molar-refractivity contribution in [3.8, 4) is 0 Å². The van der Waals surface area contributed by atoms with Crippen LogP contribution < -0.4 is 5.32 Å². The highest BCUT2D eigenvalue weighted by Crippen LogP contribution is 2.16. The molecule has 0 amide bonds. The topological polar surface area (TPSA) is 45.4 Å². The molecule has 1 aromatic rings. The highest BCUT2D eigenvalue weighted by atomic mass is 16.3. The third-order valence-corrected chi connectivity index (χ3v) is 2.86. The first kappa shape index (κ1) is 14.3. The Morgan fingerprint density at radius 2 is 2.00 bits per heavy atom. The number of furan rings is 1. The smallest absolute Gasteiger partial charge is 0.120 e. The minimum Gasteiger partial charge on any atom is -0.464 e. The van der Waals surface area contributed by atoms with Crippen LogP contribution in [-0.4, -0.2) is 17.8 Å². The third-order valence-electron chi connectivity index (χ3n) is 2.86. The molecule has 0 radical (unpaired) electrons. The lowest BCUT2D eigenvalue weighted by Crippen LogP contribution is -2.29. The fourth-order valence-electron chi connectivity index (χ4n) is 1.86. The highest BCUT2D eigenvalue weighted by molar-refractivity contribution is 5.10. The van der Waals surface area contributed by atoms with Gasteiger partial charge in [0.05, 0.1) is 12.1 Å². The van der Waals surface area contributed by atoms with Gasteiger partial charge in [-0.3, -0.25) is 0 Å². The molecule has 0 fully saturated rings. The van der Waals surface area contributed by atoms with Gasteiger partial charge in [0.15, 0.2) is 0 Å². The maximum absolute atomic E-state index is 9.77. The standard InChI is InChI=1S/C14H25NO2/c1-5-13-6-7-14(17-13)11(4)15-9-12(16)8-10(2)3/h6-7,10-12,15-16H,5,8-9H2,1-4H3. The Bertz CT molecular complexity index is 320. The van der Waals surface area contributed by atoms with Gasteiger partial charge in [0.25, 0.3) is 0 Å². The van der Waals surface area contributed by atoms with Crippen molar-refractivity contribution < 1.29 is 9.52 Å². The number of nitrogens with one attached hydrogen (secondary N) is 1. The summed E-state index contributed by atoms with van der Waals surface area (Å²) in [5.41, 5.74) is 0. The average Bonchev–Trinajstić information content (AvgIpc) is 2.73. The molecule has 2 atom stereocenters. The van der Waals surface area contributed by atoms with E-state index in [2.05, 4.69) is 33.0 Å². The molecule has 0 saturated heterocycles. The normalized spacial score (nSPS) is 15.2. The zero-order valence-electron chi connectivity index (χ0n) is 11.4. The third kappa shape index (κ3) is 4.92. The summed E-state index contributed by atoms with van der Waals surface area (Å²) in [5, 5.41) is 13.1. The lowest BCUT2D eigenvalue weighted by molar-refractivity contribution is 0.142. The Morgan fingerprint density at radius 3 is 2.53 bits per heavy atom. The summed E-state index contributed by atoms with van der Waals surface area (Å²) < 4.78 is 5.66. The van der Waals surface area contributed by atoms with Crippen molar-refractivity contribution in [1.29, 1.82) is 0 Å². The zero-order chi connectivity index (χ0) is 12.8. The van der Waals surface area contributed by atoms with Crippen LogP contribution in [0.5, 0.6) is 0 Å². The Balaban J connectivity index is 2.36. The molecule has 0 aliphatic heterocycles. The number of rotatable bonds is 7. The zero-order valence-corrected chi connectivity index (χ0v) is 11.4. The highest BCUT2D eigenvalue weighted by Gasteiger charge is 2.12. The molecule has 0 bridgehead atoms. The van der Waals surface area contributed by atoms with E-state index in [1.54, 1.807) is 0 Å². The van der Waals surface area contributed by atoms with Crippen LogP contribution in [0.25, 0.3) is 0 Å². The SMILES string of the molecule is CCc1ccc(C(C)NCC(O)CC(C)C)o1. The molecule has 1 rings (SSSR count). The van der Waals surface area contributed by atoms with Gasteiger partial charge in [0, 0.05) is 13.0 Å². The molecular weight excluding hydrogens is 214 g/mol. The van der Waals surface area contributed by atoms with Crippen LogP contribution in [0.4, 0.5) is 0 Å². The molecule has 0 saturated carbocycles. The lowest BCUT2D eigenvalue weighted by Gasteiger charge is -2.17. The Morgan fingerprint density at radius 1 is 1.29 bits per heavy atom. The van der Waals surface area contributed by atoms with E-state index in [0.717, 1.165) is 24.4 Å². The van der Waals surface area contributed by atoms with Crippen LogP contribution in [0.1, 0.15) is 51.7 Å². The van der Waals surface area contributed by atoms with Crippen molar-refractivity contribution in [3.63, 3.8) is 0 Å². The van der Waals surface area contributed by atoms with E-state index in [-0.39, 0.29) is 12.1 Å². The van der Waals surface area contributed by atoms with Gasteiger partial charge in [-0.1, -0.05) is 20.8 Å². The van der Waals surface area contributed by atoms with Crippen molar-refractivity contribution in [3.05, 3.63) is 23.7 Å². The van der Waals surface area contributed by atoms with Gasteiger partial charge < -0.3 is 14.8 Å². The van der Waals surface area contributed by atoms with E-state index in [0.29, 0.717) is 12.5 Å². The number of aliphatic hydroxyl groups is 1. The van der Waals surface area contributed by atoms with Gasteiger partial charge in [-0.05, 0) is 31.4 Å². The summed E-state index contributed by atoms with van der Waals surface area (Å²) >= 11 is 0. The summed E-state index contributed by atoms with van der Waals surface area (Å²) in [7, 11) is 0. The maximum Gasteiger partial charge on any atom is 0.120 e. The molecule has 0 aromatic carbocycles. The molecule has 0 spiro atoms. The predicted molar refractivity (Wildman–Crippen MR) is 70.0 cm³/mol. The lowest BCUT2D eigenvalue weighted by atomic mass is 10.1. The number of hydrogen-bond acceptors (Lipinski definition) is 3. The van der Waals surface area contributed by atoms with Crippen LogP contribution >= 0.6 is 0 Å². The van der Waals surface area contributed by atoms with Gasteiger partial charge >= 0.3 is 0 Å². The van der Waals surface area contributed by atoms with Crippen molar-refractivity contribution in [2.45, 2.75) is 52.7 Å². The fraction of sp³-hybridized carbons (Fsp3) is 0.714. The molecule has 0 aliphatic rings. The van der Waals surface area contributed by atoms with Crippen LogP contribution in [0, 0.1) is 5.92 Å². The number of aliphatic hydroxyl groups excluding tert-OH is 1. The first-order valence-electron chi connectivity index (χ1n) is 6.53. The van der Waals surface area contributed by atoms with Crippen LogP contribution in [-0.2, 0) is 6.42 Å². The summed E-state index contributed by atoms with van der Waals surface area (Å²) in [4.78, 5) is 0.